The van der Waals surface area contributed by atoms with Crippen molar-refractivity contribution in [3.63, 3.8) is 0 Å². The lowest BCUT2D eigenvalue weighted by atomic mass is 9.82. The SMILES string of the molecule is COc1ccc(-c2nc3cc(Cl)c(Cl)cc3n2C(C(=O)NC2CCCCC2)C2CCCCC2)c(OC)c1. The first kappa shape index (κ1) is 26.2. The van der Waals surface area contributed by atoms with Gasteiger partial charge < -0.3 is 19.4 Å². The summed E-state index contributed by atoms with van der Waals surface area (Å²) in [7, 11) is 3.26. The minimum absolute atomic E-state index is 0.0675. The second-order valence-electron chi connectivity index (χ2n) is 10.3. The van der Waals surface area contributed by atoms with E-state index >= 15 is 0 Å². The minimum atomic E-state index is -0.411. The van der Waals surface area contributed by atoms with Crippen LogP contribution in [0.3, 0.4) is 0 Å². The number of hydrogen-bond donors (Lipinski definition) is 1. The maximum atomic E-state index is 14.2. The number of ether oxygens (including phenoxy) is 2. The molecule has 1 atom stereocenters. The van der Waals surface area contributed by atoms with Crippen molar-refractivity contribution in [1.82, 2.24) is 14.9 Å². The summed E-state index contributed by atoms with van der Waals surface area (Å²) < 4.78 is 13.3. The average molecular weight is 545 g/mol. The molecule has 5 rings (SSSR count). The van der Waals surface area contributed by atoms with E-state index in [4.69, 9.17) is 37.7 Å². The van der Waals surface area contributed by atoms with Gasteiger partial charge in [-0.15, -0.1) is 0 Å². The predicted octanol–water partition coefficient (Wildman–Crippen LogP) is 7.60. The third kappa shape index (κ3) is 5.42. The van der Waals surface area contributed by atoms with Crippen molar-refractivity contribution < 1.29 is 14.3 Å². The maximum absolute atomic E-state index is 14.2. The number of halogens is 2. The first-order chi connectivity index (χ1) is 18.0. The number of carbonyl (C=O) groups is 1. The van der Waals surface area contributed by atoms with Crippen molar-refractivity contribution in [1.29, 1.82) is 0 Å². The smallest absolute Gasteiger partial charge is 0.243 e. The molecule has 2 aliphatic rings. The van der Waals surface area contributed by atoms with Gasteiger partial charge in [0.2, 0.25) is 5.91 Å². The van der Waals surface area contributed by atoms with Crippen LogP contribution in [0.25, 0.3) is 22.4 Å². The number of nitrogens with zero attached hydrogens (tertiary/aromatic N) is 2. The van der Waals surface area contributed by atoms with Crippen LogP contribution in [-0.4, -0.2) is 35.7 Å². The third-order valence-electron chi connectivity index (χ3n) is 7.98. The number of carbonyl (C=O) groups excluding carboxylic acids is 1. The highest BCUT2D eigenvalue weighted by atomic mass is 35.5. The first-order valence-corrected chi connectivity index (χ1v) is 14.2. The molecule has 2 aliphatic carbocycles. The highest BCUT2D eigenvalue weighted by molar-refractivity contribution is 6.42. The van der Waals surface area contributed by atoms with Gasteiger partial charge in [0.15, 0.2) is 0 Å². The molecule has 1 aromatic heterocycles. The van der Waals surface area contributed by atoms with Crippen LogP contribution in [0.2, 0.25) is 10.0 Å². The summed E-state index contributed by atoms with van der Waals surface area (Å²) in [6, 6.07) is 9.11. The van der Waals surface area contributed by atoms with E-state index in [1.165, 1.54) is 12.8 Å². The number of fused-ring (bicyclic) bond motifs is 1. The second kappa shape index (κ2) is 11.5. The van der Waals surface area contributed by atoms with E-state index in [-0.39, 0.29) is 17.9 Å². The Labute approximate surface area is 228 Å². The van der Waals surface area contributed by atoms with Crippen molar-refractivity contribution in [2.24, 2.45) is 5.92 Å². The van der Waals surface area contributed by atoms with E-state index in [9.17, 15) is 4.79 Å². The molecular weight excluding hydrogens is 509 g/mol. The number of nitrogens with one attached hydrogen (secondary N) is 1. The minimum Gasteiger partial charge on any atom is -0.497 e. The predicted molar refractivity (Wildman–Crippen MR) is 149 cm³/mol. The monoisotopic (exact) mass is 543 g/mol. The molecule has 0 spiro atoms. The van der Waals surface area contributed by atoms with Gasteiger partial charge in [-0.3, -0.25) is 4.79 Å². The number of imidazole rings is 1. The molecule has 3 aromatic rings. The molecule has 0 bridgehead atoms. The molecule has 1 unspecified atom stereocenters. The molecule has 0 radical (unpaired) electrons. The third-order valence-corrected chi connectivity index (χ3v) is 8.70. The van der Waals surface area contributed by atoms with Gasteiger partial charge in [0.1, 0.15) is 23.4 Å². The molecule has 2 fully saturated rings. The number of rotatable bonds is 7. The van der Waals surface area contributed by atoms with Crippen LogP contribution in [0.15, 0.2) is 30.3 Å². The van der Waals surface area contributed by atoms with E-state index in [2.05, 4.69) is 9.88 Å². The summed E-state index contributed by atoms with van der Waals surface area (Å²) in [5.41, 5.74) is 2.29. The van der Waals surface area contributed by atoms with Gasteiger partial charge in [0, 0.05) is 12.1 Å². The fourth-order valence-electron chi connectivity index (χ4n) is 6.07. The standard InChI is InChI=1S/C29H35Cl2N3O3/c1-36-20-13-14-21(26(15-20)37-2)28-33-24-16-22(30)23(31)17-25(24)34(28)27(18-9-5-3-6-10-18)29(35)32-19-11-7-4-8-12-19/h13-19,27H,3-12H2,1-2H3,(H,32,35). The molecule has 0 aliphatic heterocycles. The van der Waals surface area contributed by atoms with Gasteiger partial charge in [0.05, 0.1) is 40.9 Å². The van der Waals surface area contributed by atoms with Crippen molar-refractivity contribution in [2.75, 3.05) is 14.2 Å². The molecule has 2 saturated carbocycles. The number of methoxy groups -OCH3 is 2. The van der Waals surface area contributed by atoms with Crippen LogP contribution in [0, 0.1) is 5.92 Å². The quantitative estimate of drug-likeness (QED) is 0.333. The second-order valence-corrected chi connectivity index (χ2v) is 11.1. The largest absolute Gasteiger partial charge is 0.497 e. The van der Waals surface area contributed by atoms with E-state index in [1.54, 1.807) is 20.3 Å². The number of aromatic nitrogens is 2. The van der Waals surface area contributed by atoms with Crippen LogP contribution >= 0.6 is 23.2 Å². The van der Waals surface area contributed by atoms with E-state index in [1.807, 2.05) is 24.3 Å². The van der Waals surface area contributed by atoms with Crippen molar-refractivity contribution in [2.45, 2.75) is 76.3 Å². The van der Waals surface area contributed by atoms with Crippen molar-refractivity contribution >= 4 is 40.1 Å². The number of benzene rings is 2. The van der Waals surface area contributed by atoms with Gasteiger partial charge in [-0.05, 0) is 55.9 Å². The summed E-state index contributed by atoms with van der Waals surface area (Å²) in [5, 5.41) is 4.30. The zero-order valence-corrected chi connectivity index (χ0v) is 23.1. The normalized spacial score (nSPS) is 18.1. The Morgan fingerprint density at radius 2 is 1.62 bits per heavy atom. The molecule has 1 amide bonds. The summed E-state index contributed by atoms with van der Waals surface area (Å²) in [4.78, 5) is 19.2. The summed E-state index contributed by atoms with van der Waals surface area (Å²) in [5.74, 6) is 2.25. The highest BCUT2D eigenvalue weighted by Crippen LogP contribution is 2.42. The molecule has 198 valence electrons. The lowest BCUT2D eigenvalue weighted by molar-refractivity contribution is -0.127. The molecule has 6 nitrogen and oxygen atoms in total. The average Bonchev–Trinajstić information content (AvgIpc) is 3.27. The first-order valence-electron chi connectivity index (χ1n) is 13.4. The van der Waals surface area contributed by atoms with Gasteiger partial charge in [-0.1, -0.05) is 61.7 Å². The number of hydrogen-bond acceptors (Lipinski definition) is 4. The summed E-state index contributed by atoms with van der Waals surface area (Å²) >= 11 is 12.9. The van der Waals surface area contributed by atoms with Gasteiger partial charge in [-0.25, -0.2) is 4.98 Å². The van der Waals surface area contributed by atoms with Crippen LogP contribution in [0.1, 0.15) is 70.3 Å². The Morgan fingerprint density at radius 1 is 0.946 bits per heavy atom. The van der Waals surface area contributed by atoms with Gasteiger partial charge in [0.25, 0.3) is 0 Å². The molecule has 1 N–H and O–H groups in total. The topological polar surface area (TPSA) is 65.4 Å². The van der Waals surface area contributed by atoms with E-state index in [0.29, 0.717) is 32.9 Å². The Balaban J connectivity index is 1.69. The Morgan fingerprint density at radius 3 is 2.30 bits per heavy atom. The van der Waals surface area contributed by atoms with E-state index < -0.39 is 6.04 Å². The lowest BCUT2D eigenvalue weighted by Crippen LogP contribution is -2.43. The molecule has 8 heteroatoms. The van der Waals surface area contributed by atoms with Crippen LogP contribution in [-0.2, 0) is 4.79 Å². The molecule has 1 heterocycles. The Hall–Kier alpha value is -2.44. The van der Waals surface area contributed by atoms with Crippen LogP contribution in [0.5, 0.6) is 11.5 Å². The molecule has 37 heavy (non-hydrogen) atoms. The molecule has 2 aromatic carbocycles. The molecular formula is C29H35Cl2N3O3. The Bertz CT molecular complexity index is 1260. The van der Waals surface area contributed by atoms with Crippen molar-refractivity contribution in [3.8, 4) is 22.9 Å². The van der Waals surface area contributed by atoms with Gasteiger partial charge >= 0.3 is 0 Å². The molecule has 0 saturated heterocycles. The zero-order chi connectivity index (χ0) is 25.9. The van der Waals surface area contributed by atoms with Crippen LogP contribution in [0.4, 0.5) is 0 Å². The summed E-state index contributed by atoms with van der Waals surface area (Å²) in [6.07, 6.45) is 11.1. The van der Waals surface area contributed by atoms with Crippen LogP contribution < -0.4 is 14.8 Å². The fraction of sp³-hybridized carbons (Fsp3) is 0.517. The Kier molecular flexibility index (Phi) is 8.15. The maximum Gasteiger partial charge on any atom is 0.243 e. The van der Waals surface area contributed by atoms with Crippen molar-refractivity contribution in [3.05, 3.63) is 40.4 Å². The lowest BCUT2D eigenvalue weighted by Gasteiger charge is -2.34. The number of amides is 1. The highest BCUT2D eigenvalue weighted by Gasteiger charge is 2.36. The summed E-state index contributed by atoms with van der Waals surface area (Å²) in [6.45, 7) is 0. The van der Waals surface area contributed by atoms with E-state index in [0.717, 1.165) is 62.4 Å². The zero-order valence-electron chi connectivity index (χ0n) is 21.6. The van der Waals surface area contributed by atoms with Gasteiger partial charge in [-0.2, -0.15) is 0 Å². The fourth-order valence-corrected chi connectivity index (χ4v) is 6.39.